The average molecular weight is 407 g/mol. The molecule has 1 aliphatic heterocycles. The molecule has 0 aliphatic carbocycles. The van der Waals surface area contributed by atoms with Crippen LogP contribution < -0.4 is 15.0 Å². The Kier molecular flexibility index (Phi) is 6.32. The average Bonchev–Trinajstić information content (AvgIpc) is 2.73. The first kappa shape index (κ1) is 21.0. The highest BCUT2D eigenvalue weighted by atomic mass is 19.4. The molecule has 1 unspecified atom stereocenters. The number of anilines is 2. The van der Waals surface area contributed by atoms with Crippen molar-refractivity contribution in [3.05, 3.63) is 54.1 Å². The van der Waals surface area contributed by atoms with Crippen LogP contribution in [0, 0.1) is 0 Å². The highest BCUT2D eigenvalue weighted by Gasteiger charge is 2.30. The topological polar surface area (TPSA) is 44.8 Å². The van der Waals surface area contributed by atoms with Crippen molar-refractivity contribution in [2.45, 2.75) is 19.1 Å². The predicted molar refractivity (Wildman–Crippen MR) is 106 cm³/mol. The second-order valence-corrected chi connectivity index (χ2v) is 6.96. The van der Waals surface area contributed by atoms with E-state index in [-0.39, 0.29) is 11.9 Å². The molecule has 0 radical (unpaired) electrons. The van der Waals surface area contributed by atoms with Gasteiger partial charge in [-0.3, -0.25) is 9.69 Å². The third-order valence-electron chi connectivity index (χ3n) is 5.16. The number of rotatable bonds is 5. The van der Waals surface area contributed by atoms with Crippen molar-refractivity contribution in [3.8, 4) is 5.75 Å². The highest BCUT2D eigenvalue weighted by molar-refractivity contribution is 5.94. The maximum Gasteiger partial charge on any atom is 0.416 e. The summed E-state index contributed by atoms with van der Waals surface area (Å²) in [6.45, 7) is 4.80. The zero-order valence-electron chi connectivity index (χ0n) is 16.4. The largest absolute Gasteiger partial charge is 0.497 e. The summed E-state index contributed by atoms with van der Waals surface area (Å²) in [4.78, 5) is 16.8. The minimum atomic E-state index is -4.39. The van der Waals surface area contributed by atoms with Crippen LogP contribution in [0.15, 0.2) is 48.5 Å². The molecule has 1 amide bonds. The maximum atomic E-state index is 12.6. The number of benzene rings is 2. The molecular formula is C21H24F3N3O2. The number of carbonyl (C=O) groups is 1. The molecule has 0 saturated carbocycles. The minimum Gasteiger partial charge on any atom is -0.497 e. The maximum absolute atomic E-state index is 12.6. The van der Waals surface area contributed by atoms with Crippen LogP contribution in [-0.4, -0.2) is 50.1 Å². The Hall–Kier alpha value is -2.74. The van der Waals surface area contributed by atoms with E-state index < -0.39 is 11.7 Å². The Labute approximate surface area is 168 Å². The molecule has 1 saturated heterocycles. The van der Waals surface area contributed by atoms with E-state index in [4.69, 9.17) is 4.74 Å². The van der Waals surface area contributed by atoms with Gasteiger partial charge in [-0.15, -0.1) is 0 Å². The zero-order chi connectivity index (χ0) is 21.0. The number of ether oxygens (including phenoxy) is 1. The molecule has 8 heteroatoms. The SMILES string of the molecule is COc1ccc(N2CCN(C(C)C(=O)Nc3ccc(C(F)(F)F)cc3)CC2)cc1. The smallest absolute Gasteiger partial charge is 0.416 e. The van der Waals surface area contributed by atoms with Crippen molar-refractivity contribution in [1.29, 1.82) is 0 Å². The molecule has 1 atom stereocenters. The van der Waals surface area contributed by atoms with Crippen LogP contribution in [-0.2, 0) is 11.0 Å². The Balaban J connectivity index is 1.53. The van der Waals surface area contributed by atoms with E-state index in [9.17, 15) is 18.0 Å². The lowest BCUT2D eigenvalue weighted by atomic mass is 10.1. The number of amides is 1. The molecule has 5 nitrogen and oxygen atoms in total. The third-order valence-corrected chi connectivity index (χ3v) is 5.16. The molecule has 1 N–H and O–H groups in total. The summed E-state index contributed by atoms with van der Waals surface area (Å²) in [6, 6.07) is 12.0. The fourth-order valence-corrected chi connectivity index (χ4v) is 3.32. The molecule has 156 valence electrons. The van der Waals surface area contributed by atoms with Crippen molar-refractivity contribution in [1.82, 2.24) is 4.90 Å². The van der Waals surface area contributed by atoms with Crippen molar-refractivity contribution >= 4 is 17.3 Å². The molecule has 0 aromatic heterocycles. The molecule has 2 aromatic carbocycles. The second kappa shape index (κ2) is 8.73. The lowest BCUT2D eigenvalue weighted by Gasteiger charge is -2.38. The number of hydrogen-bond acceptors (Lipinski definition) is 4. The quantitative estimate of drug-likeness (QED) is 0.818. The van der Waals surface area contributed by atoms with Gasteiger partial charge in [0.1, 0.15) is 5.75 Å². The van der Waals surface area contributed by atoms with Gasteiger partial charge in [-0.2, -0.15) is 13.2 Å². The van der Waals surface area contributed by atoms with Gasteiger partial charge in [-0.1, -0.05) is 0 Å². The second-order valence-electron chi connectivity index (χ2n) is 6.96. The number of halogens is 3. The molecule has 1 fully saturated rings. The monoisotopic (exact) mass is 407 g/mol. The zero-order valence-corrected chi connectivity index (χ0v) is 16.4. The number of nitrogens with one attached hydrogen (secondary N) is 1. The van der Waals surface area contributed by atoms with Gasteiger partial charge >= 0.3 is 6.18 Å². The predicted octanol–water partition coefficient (Wildman–Crippen LogP) is 3.86. The molecule has 0 spiro atoms. The standard InChI is InChI=1S/C21H24F3N3O2/c1-15(20(28)25-17-5-3-16(4-6-17)21(22,23)24)26-11-13-27(14-12-26)18-7-9-19(29-2)10-8-18/h3-10,15H,11-14H2,1-2H3,(H,25,28). The van der Waals surface area contributed by atoms with Crippen LogP contribution in [0.25, 0.3) is 0 Å². The van der Waals surface area contributed by atoms with E-state index in [1.165, 1.54) is 12.1 Å². The van der Waals surface area contributed by atoms with Crippen LogP contribution in [0.3, 0.4) is 0 Å². The van der Waals surface area contributed by atoms with E-state index in [0.717, 1.165) is 36.7 Å². The van der Waals surface area contributed by atoms with Gasteiger partial charge in [-0.05, 0) is 55.5 Å². The molecule has 1 aliphatic rings. The molecule has 2 aromatic rings. The number of carbonyl (C=O) groups excluding carboxylic acids is 1. The minimum absolute atomic E-state index is 0.234. The lowest BCUT2D eigenvalue weighted by molar-refractivity contribution is -0.137. The first-order valence-electron chi connectivity index (χ1n) is 9.39. The lowest BCUT2D eigenvalue weighted by Crippen LogP contribution is -2.52. The molecule has 1 heterocycles. The highest BCUT2D eigenvalue weighted by Crippen LogP contribution is 2.30. The van der Waals surface area contributed by atoms with Crippen molar-refractivity contribution in [2.24, 2.45) is 0 Å². The Morgan fingerprint density at radius 2 is 1.59 bits per heavy atom. The fraction of sp³-hybridized carbons (Fsp3) is 0.381. The first-order valence-corrected chi connectivity index (χ1v) is 9.39. The van der Waals surface area contributed by atoms with Crippen LogP contribution >= 0.6 is 0 Å². The van der Waals surface area contributed by atoms with E-state index in [1.54, 1.807) is 7.11 Å². The fourth-order valence-electron chi connectivity index (χ4n) is 3.32. The summed E-state index contributed by atoms with van der Waals surface area (Å²) in [5.74, 6) is 0.573. The number of alkyl halides is 3. The van der Waals surface area contributed by atoms with E-state index in [0.29, 0.717) is 18.8 Å². The molecule has 0 bridgehead atoms. The van der Waals surface area contributed by atoms with Gasteiger partial charge in [0, 0.05) is 37.6 Å². The number of methoxy groups -OCH3 is 1. The number of nitrogens with zero attached hydrogens (tertiary/aromatic N) is 2. The van der Waals surface area contributed by atoms with E-state index >= 15 is 0 Å². The summed E-state index contributed by atoms with van der Waals surface area (Å²) in [5.41, 5.74) is 0.720. The molecule has 3 rings (SSSR count). The summed E-state index contributed by atoms with van der Waals surface area (Å²) < 4.78 is 43.1. The Morgan fingerprint density at radius 3 is 2.10 bits per heavy atom. The summed E-state index contributed by atoms with van der Waals surface area (Å²) >= 11 is 0. The molecule has 29 heavy (non-hydrogen) atoms. The van der Waals surface area contributed by atoms with E-state index in [1.807, 2.05) is 31.2 Å². The summed E-state index contributed by atoms with van der Waals surface area (Å²) in [7, 11) is 1.63. The van der Waals surface area contributed by atoms with Crippen molar-refractivity contribution in [3.63, 3.8) is 0 Å². The van der Waals surface area contributed by atoms with Crippen LogP contribution in [0.1, 0.15) is 12.5 Å². The summed E-state index contributed by atoms with van der Waals surface area (Å²) in [6.07, 6.45) is -4.39. The van der Waals surface area contributed by atoms with Gasteiger partial charge in [0.2, 0.25) is 5.91 Å². The van der Waals surface area contributed by atoms with Crippen LogP contribution in [0.5, 0.6) is 5.75 Å². The summed E-state index contributed by atoms with van der Waals surface area (Å²) in [5, 5.41) is 2.70. The van der Waals surface area contributed by atoms with Gasteiger partial charge in [0.25, 0.3) is 0 Å². The van der Waals surface area contributed by atoms with Gasteiger partial charge in [-0.25, -0.2) is 0 Å². The third kappa shape index (κ3) is 5.20. The van der Waals surface area contributed by atoms with Gasteiger partial charge < -0.3 is 15.0 Å². The van der Waals surface area contributed by atoms with Gasteiger partial charge in [0.15, 0.2) is 0 Å². The normalized spacial score (nSPS) is 16.4. The van der Waals surface area contributed by atoms with Gasteiger partial charge in [0.05, 0.1) is 18.7 Å². The first-order chi connectivity index (χ1) is 13.8. The van der Waals surface area contributed by atoms with Crippen molar-refractivity contribution < 1.29 is 22.7 Å². The number of piperazine rings is 1. The van der Waals surface area contributed by atoms with Crippen LogP contribution in [0.4, 0.5) is 24.5 Å². The Morgan fingerprint density at radius 1 is 1.00 bits per heavy atom. The van der Waals surface area contributed by atoms with Crippen molar-refractivity contribution in [2.75, 3.05) is 43.5 Å². The van der Waals surface area contributed by atoms with Crippen LogP contribution in [0.2, 0.25) is 0 Å². The Bertz CT molecular complexity index is 815. The molecular weight excluding hydrogens is 383 g/mol. The van der Waals surface area contributed by atoms with E-state index in [2.05, 4.69) is 15.1 Å². The number of hydrogen-bond donors (Lipinski definition) is 1.